The van der Waals surface area contributed by atoms with E-state index in [1.807, 2.05) is 11.8 Å². The molecule has 0 spiro atoms. The first-order chi connectivity index (χ1) is 18.6. The highest BCUT2D eigenvalue weighted by Crippen LogP contribution is 2.31. The molecule has 4 aromatic rings. The zero-order valence-electron chi connectivity index (χ0n) is 21.2. The Balaban J connectivity index is 1.43. The third kappa shape index (κ3) is 5.67. The zero-order valence-corrected chi connectivity index (χ0v) is 21.2. The molecule has 13 heteroatoms. The summed E-state index contributed by atoms with van der Waals surface area (Å²) in [4.78, 5) is 32.5. The second kappa shape index (κ2) is 10.3. The maximum atomic E-state index is 13.1. The van der Waals surface area contributed by atoms with E-state index in [1.54, 1.807) is 18.2 Å². The molecule has 5 rings (SSSR count). The summed E-state index contributed by atoms with van der Waals surface area (Å²) >= 11 is 0. The van der Waals surface area contributed by atoms with Crippen molar-refractivity contribution in [2.24, 2.45) is 0 Å². The van der Waals surface area contributed by atoms with Crippen LogP contribution in [0.25, 0.3) is 11.0 Å². The first-order valence-corrected chi connectivity index (χ1v) is 12.2. The van der Waals surface area contributed by atoms with E-state index in [2.05, 4.69) is 37.8 Å². The number of benzene rings is 2. The number of nitrogens with two attached hydrogens (primary N) is 1. The number of nitrogens with zero attached hydrogens (tertiary/aromatic N) is 5. The maximum absolute atomic E-state index is 13.1. The number of aryl methyl sites for hydroxylation is 1. The Hall–Kier alpha value is -4.52. The van der Waals surface area contributed by atoms with Gasteiger partial charge in [0.1, 0.15) is 17.4 Å². The summed E-state index contributed by atoms with van der Waals surface area (Å²) in [6.07, 6.45) is -3.20. The van der Waals surface area contributed by atoms with Crippen molar-refractivity contribution in [1.82, 2.24) is 25.3 Å². The lowest BCUT2D eigenvalue weighted by Gasteiger charge is -2.32. The van der Waals surface area contributed by atoms with Crippen molar-refractivity contribution < 1.29 is 18.0 Å². The molecule has 1 amide bonds. The topological polar surface area (TPSA) is 134 Å². The molecule has 1 aliphatic rings. The maximum Gasteiger partial charge on any atom is 0.416 e. The predicted octanol–water partition coefficient (Wildman–Crippen LogP) is 4.12. The van der Waals surface area contributed by atoms with Crippen molar-refractivity contribution in [3.05, 3.63) is 65.5 Å². The number of aromatic nitrogens is 4. The summed E-state index contributed by atoms with van der Waals surface area (Å²) in [5, 5.41) is 9.27. The molecule has 1 fully saturated rings. The number of nitrogens with one attached hydrogen (secondary N) is 3. The van der Waals surface area contributed by atoms with Crippen molar-refractivity contribution >= 4 is 45.9 Å². The van der Waals surface area contributed by atoms with E-state index in [1.165, 1.54) is 18.5 Å². The number of alkyl halides is 3. The van der Waals surface area contributed by atoms with Gasteiger partial charge >= 0.3 is 6.18 Å². The highest BCUT2D eigenvalue weighted by Gasteiger charge is 2.31. The molecule has 0 radical (unpaired) electrons. The van der Waals surface area contributed by atoms with Crippen LogP contribution >= 0.6 is 0 Å². The number of carbonyl (C=O) groups excluding carboxylic acids is 1. The van der Waals surface area contributed by atoms with Gasteiger partial charge in [-0.05, 0) is 49.7 Å². The molecule has 0 saturated carbocycles. The van der Waals surface area contributed by atoms with Crippen molar-refractivity contribution in [1.29, 1.82) is 0 Å². The van der Waals surface area contributed by atoms with Crippen molar-refractivity contribution in [3.63, 3.8) is 0 Å². The monoisotopic (exact) mass is 537 g/mol. The van der Waals surface area contributed by atoms with Gasteiger partial charge in [-0.15, -0.1) is 0 Å². The summed E-state index contributed by atoms with van der Waals surface area (Å²) < 4.78 is 39.2. The van der Waals surface area contributed by atoms with E-state index < -0.39 is 17.6 Å². The lowest BCUT2D eigenvalue weighted by molar-refractivity contribution is -0.137. The van der Waals surface area contributed by atoms with Crippen molar-refractivity contribution in [2.75, 3.05) is 40.9 Å². The highest BCUT2D eigenvalue weighted by atomic mass is 19.4. The summed E-state index contributed by atoms with van der Waals surface area (Å²) in [7, 11) is 0. The summed E-state index contributed by atoms with van der Waals surface area (Å²) in [6, 6.07) is 9.61. The number of fused-ring (bicyclic) bond motifs is 1. The molecule has 10 nitrogen and oxygen atoms in total. The van der Waals surface area contributed by atoms with Crippen LogP contribution in [0.3, 0.4) is 0 Å². The Kier molecular flexibility index (Phi) is 6.91. The average molecular weight is 538 g/mol. The Labute approximate surface area is 221 Å². The number of piperazine rings is 1. The van der Waals surface area contributed by atoms with Gasteiger partial charge in [-0.1, -0.05) is 12.1 Å². The van der Waals surface area contributed by atoms with Gasteiger partial charge in [0.2, 0.25) is 5.95 Å². The zero-order chi connectivity index (χ0) is 27.7. The number of halogens is 3. The number of hydrogen-bond acceptors (Lipinski definition) is 9. The standard InChI is InChI=1S/C26H26F3N9O/c1-14-6-7-18(34-24(39)16-4-3-5-17(10-16)26(27,28)29)11-19(14)35-23-21-20(32-13-33-23)22(30)37-25(36-21)38-9-8-31-15(2)12-38/h3-7,10-11,13,15,31H,8-9,12H2,1-2H3,(H,34,39)(H2,30,36,37)(H,32,33,35). The molecule has 2 aromatic carbocycles. The molecular weight excluding hydrogens is 511 g/mol. The normalized spacial score (nSPS) is 15.8. The van der Waals surface area contributed by atoms with Gasteiger partial charge in [0.15, 0.2) is 11.6 Å². The van der Waals surface area contributed by atoms with E-state index in [-0.39, 0.29) is 17.4 Å². The Bertz CT molecular complexity index is 1540. The van der Waals surface area contributed by atoms with E-state index in [4.69, 9.17) is 10.7 Å². The van der Waals surface area contributed by atoms with Crippen molar-refractivity contribution in [3.8, 4) is 0 Å². The third-order valence-corrected chi connectivity index (χ3v) is 6.35. The molecule has 1 atom stereocenters. The first kappa shape index (κ1) is 26.1. The summed E-state index contributed by atoms with van der Waals surface area (Å²) in [5.74, 6) is 0.428. The molecule has 0 bridgehead atoms. The fourth-order valence-corrected chi connectivity index (χ4v) is 4.31. The minimum Gasteiger partial charge on any atom is -0.382 e. The van der Waals surface area contributed by atoms with E-state index >= 15 is 0 Å². The number of rotatable bonds is 5. The van der Waals surface area contributed by atoms with Gasteiger partial charge in [0.25, 0.3) is 5.91 Å². The molecule has 3 heterocycles. The smallest absolute Gasteiger partial charge is 0.382 e. The lowest BCUT2D eigenvalue weighted by atomic mass is 10.1. The highest BCUT2D eigenvalue weighted by molar-refractivity contribution is 6.04. The Morgan fingerprint density at radius 2 is 1.95 bits per heavy atom. The molecular formula is C26H26F3N9O. The molecule has 0 aliphatic carbocycles. The number of hydrogen-bond donors (Lipinski definition) is 4. The first-order valence-electron chi connectivity index (χ1n) is 12.2. The van der Waals surface area contributed by atoms with Gasteiger partial charge in [-0.25, -0.2) is 15.0 Å². The third-order valence-electron chi connectivity index (χ3n) is 6.35. The number of amides is 1. The Morgan fingerprint density at radius 1 is 1.13 bits per heavy atom. The minimum atomic E-state index is -4.55. The molecule has 39 heavy (non-hydrogen) atoms. The molecule has 1 aliphatic heterocycles. The molecule has 2 aromatic heterocycles. The quantitative estimate of drug-likeness (QED) is 0.297. The van der Waals surface area contributed by atoms with Crippen LogP contribution in [0.2, 0.25) is 0 Å². The van der Waals surface area contributed by atoms with Crippen LogP contribution in [0.5, 0.6) is 0 Å². The number of carbonyl (C=O) groups is 1. The van der Waals surface area contributed by atoms with Gasteiger partial charge in [-0.2, -0.15) is 18.2 Å². The van der Waals surface area contributed by atoms with Crippen LogP contribution in [0.4, 0.5) is 42.1 Å². The van der Waals surface area contributed by atoms with Crippen LogP contribution in [-0.4, -0.2) is 51.5 Å². The van der Waals surface area contributed by atoms with E-state index in [9.17, 15) is 18.0 Å². The largest absolute Gasteiger partial charge is 0.416 e. The van der Waals surface area contributed by atoms with Gasteiger partial charge < -0.3 is 26.6 Å². The fourth-order valence-electron chi connectivity index (χ4n) is 4.31. The van der Waals surface area contributed by atoms with Crippen LogP contribution in [0.1, 0.15) is 28.4 Å². The summed E-state index contributed by atoms with van der Waals surface area (Å²) in [6.45, 7) is 6.17. The summed E-state index contributed by atoms with van der Waals surface area (Å²) in [5.41, 5.74) is 7.88. The average Bonchev–Trinajstić information content (AvgIpc) is 2.90. The second-order valence-electron chi connectivity index (χ2n) is 9.32. The van der Waals surface area contributed by atoms with Crippen LogP contribution in [0.15, 0.2) is 48.8 Å². The van der Waals surface area contributed by atoms with Gasteiger partial charge in [0.05, 0.1) is 5.56 Å². The number of nitrogen functional groups attached to an aromatic ring is 1. The predicted molar refractivity (Wildman–Crippen MR) is 143 cm³/mol. The molecule has 202 valence electrons. The van der Waals surface area contributed by atoms with Crippen LogP contribution in [-0.2, 0) is 6.18 Å². The minimum absolute atomic E-state index is 0.108. The van der Waals surface area contributed by atoms with E-state index in [0.717, 1.165) is 30.8 Å². The SMILES string of the molecule is Cc1ccc(NC(=O)c2cccc(C(F)(F)F)c2)cc1Nc1ncnc2c(N)nc(N3CCNC(C)C3)nc12. The lowest BCUT2D eigenvalue weighted by Crippen LogP contribution is -2.49. The van der Waals surface area contributed by atoms with Gasteiger partial charge in [0, 0.05) is 42.6 Å². The van der Waals surface area contributed by atoms with E-state index in [0.29, 0.717) is 40.7 Å². The van der Waals surface area contributed by atoms with Crippen molar-refractivity contribution in [2.45, 2.75) is 26.1 Å². The van der Waals surface area contributed by atoms with Gasteiger partial charge in [-0.3, -0.25) is 4.79 Å². The molecule has 1 unspecified atom stereocenters. The molecule has 5 N–H and O–H groups in total. The van der Waals surface area contributed by atoms with Crippen LogP contribution in [0, 0.1) is 6.92 Å². The number of anilines is 5. The molecule has 1 saturated heterocycles. The fraction of sp³-hybridized carbons (Fsp3) is 0.269. The van der Waals surface area contributed by atoms with Crippen LogP contribution < -0.4 is 26.6 Å². The second-order valence-corrected chi connectivity index (χ2v) is 9.32. The Morgan fingerprint density at radius 3 is 2.72 bits per heavy atom.